The first kappa shape index (κ1) is 15.0. The molecule has 1 aliphatic rings. The Bertz CT molecular complexity index is 516. The van der Waals surface area contributed by atoms with Crippen molar-refractivity contribution in [1.29, 1.82) is 0 Å². The number of rotatable bonds is 4. The molecule has 1 N–H and O–H groups in total. The molecule has 1 aromatic carbocycles. The van der Waals surface area contributed by atoms with Gasteiger partial charge in [0.1, 0.15) is 17.1 Å². The van der Waals surface area contributed by atoms with Gasteiger partial charge in [0.15, 0.2) is 0 Å². The van der Waals surface area contributed by atoms with E-state index >= 15 is 0 Å². The zero-order chi connectivity index (χ0) is 14.8. The quantitative estimate of drug-likeness (QED) is 0.790. The highest BCUT2D eigenvalue weighted by Gasteiger charge is 2.31. The number of phenols is 1. The van der Waals surface area contributed by atoms with E-state index in [-0.39, 0.29) is 5.60 Å². The predicted molar refractivity (Wildman–Crippen MR) is 83.5 cm³/mol. The normalized spacial score (nSPS) is 22.3. The van der Waals surface area contributed by atoms with Crippen LogP contribution in [0.25, 0.3) is 0 Å². The summed E-state index contributed by atoms with van der Waals surface area (Å²) in [7, 11) is 0. The van der Waals surface area contributed by atoms with Gasteiger partial charge in [0, 0.05) is 0 Å². The van der Waals surface area contributed by atoms with Crippen molar-refractivity contribution in [2.45, 2.75) is 65.4 Å². The van der Waals surface area contributed by atoms with E-state index in [4.69, 9.17) is 4.74 Å². The van der Waals surface area contributed by atoms with E-state index in [0.717, 1.165) is 49.0 Å². The SMILES string of the molecule is CC/C(C)=C/CC[C@]1(C)CCc2cc(O)cc(C)c2O1. The average molecular weight is 274 g/mol. The Hall–Kier alpha value is -1.44. The topological polar surface area (TPSA) is 29.5 Å². The van der Waals surface area contributed by atoms with Crippen molar-refractivity contribution >= 4 is 0 Å². The summed E-state index contributed by atoms with van der Waals surface area (Å²) in [6.45, 7) is 8.59. The van der Waals surface area contributed by atoms with Crippen LogP contribution in [0, 0.1) is 6.92 Å². The molecule has 0 unspecified atom stereocenters. The maximum absolute atomic E-state index is 9.67. The van der Waals surface area contributed by atoms with Crippen molar-refractivity contribution in [2.24, 2.45) is 0 Å². The van der Waals surface area contributed by atoms with E-state index < -0.39 is 0 Å². The lowest BCUT2D eigenvalue weighted by atomic mass is 9.87. The fourth-order valence-electron chi connectivity index (χ4n) is 2.80. The molecule has 1 heterocycles. The summed E-state index contributed by atoms with van der Waals surface area (Å²) >= 11 is 0. The van der Waals surface area contributed by atoms with Gasteiger partial charge in [-0.3, -0.25) is 0 Å². The molecule has 2 nitrogen and oxygen atoms in total. The van der Waals surface area contributed by atoms with E-state index in [2.05, 4.69) is 26.8 Å². The van der Waals surface area contributed by atoms with Crippen LogP contribution in [-0.4, -0.2) is 10.7 Å². The summed E-state index contributed by atoms with van der Waals surface area (Å²) in [4.78, 5) is 0. The Kier molecular flexibility index (Phi) is 4.42. The molecule has 0 spiro atoms. The van der Waals surface area contributed by atoms with Crippen molar-refractivity contribution in [3.05, 3.63) is 34.9 Å². The molecule has 0 aliphatic carbocycles. The van der Waals surface area contributed by atoms with Gasteiger partial charge >= 0.3 is 0 Å². The van der Waals surface area contributed by atoms with Crippen LogP contribution in [0.4, 0.5) is 0 Å². The van der Waals surface area contributed by atoms with Crippen molar-refractivity contribution in [1.82, 2.24) is 0 Å². The molecule has 1 aliphatic heterocycles. The van der Waals surface area contributed by atoms with Crippen molar-refractivity contribution in [2.75, 3.05) is 0 Å². The smallest absolute Gasteiger partial charge is 0.126 e. The number of allylic oxidation sites excluding steroid dienone is 2. The lowest BCUT2D eigenvalue weighted by molar-refractivity contribution is 0.0561. The van der Waals surface area contributed by atoms with E-state index in [9.17, 15) is 5.11 Å². The number of ether oxygens (including phenoxy) is 1. The summed E-state index contributed by atoms with van der Waals surface area (Å²) in [6, 6.07) is 3.62. The summed E-state index contributed by atoms with van der Waals surface area (Å²) in [6.07, 6.45) is 7.57. The molecule has 20 heavy (non-hydrogen) atoms. The van der Waals surface area contributed by atoms with Crippen LogP contribution in [0.2, 0.25) is 0 Å². The standard InChI is InChI=1S/C18H26O2/c1-5-13(2)7-6-9-18(4)10-8-15-12-16(19)11-14(3)17(15)20-18/h7,11-12,19H,5-6,8-10H2,1-4H3/b13-7+/t18-/m1/s1. The third-order valence-electron chi connectivity index (χ3n) is 4.33. The van der Waals surface area contributed by atoms with Gasteiger partial charge in [-0.15, -0.1) is 0 Å². The van der Waals surface area contributed by atoms with Gasteiger partial charge in [-0.25, -0.2) is 0 Å². The second-order valence-corrected chi connectivity index (χ2v) is 6.25. The van der Waals surface area contributed by atoms with Gasteiger partial charge in [0.05, 0.1) is 0 Å². The highest BCUT2D eigenvalue weighted by Crippen LogP contribution is 2.39. The maximum Gasteiger partial charge on any atom is 0.126 e. The van der Waals surface area contributed by atoms with E-state index in [1.807, 2.05) is 13.0 Å². The molecule has 0 bridgehead atoms. The van der Waals surface area contributed by atoms with E-state index in [1.165, 1.54) is 5.57 Å². The Morgan fingerprint density at radius 1 is 1.45 bits per heavy atom. The Balaban J connectivity index is 2.09. The number of benzene rings is 1. The van der Waals surface area contributed by atoms with Gasteiger partial charge in [0.2, 0.25) is 0 Å². The summed E-state index contributed by atoms with van der Waals surface area (Å²) in [5.41, 5.74) is 3.54. The van der Waals surface area contributed by atoms with Crippen molar-refractivity contribution in [3.8, 4) is 11.5 Å². The Morgan fingerprint density at radius 2 is 2.20 bits per heavy atom. The molecule has 0 radical (unpaired) electrons. The first-order valence-electron chi connectivity index (χ1n) is 7.60. The molecule has 0 saturated carbocycles. The molecular formula is C18H26O2. The largest absolute Gasteiger partial charge is 0.508 e. The fourth-order valence-corrected chi connectivity index (χ4v) is 2.80. The molecule has 1 atom stereocenters. The first-order valence-corrected chi connectivity index (χ1v) is 7.60. The van der Waals surface area contributed by atoms with Crippen molar-refractivity contribution < 1.29 is 9.84 Å². The first-order chi connectivity index (χ1) is 9.43. The number of aryl methyl sites for hydroxylation is 2. The summed E-state index contributed by atoms with van der Waals surface area (Å²) in [5.74, 6) is 1.32. The van der Waals surface area contributed by atoms with Gasteiger partial charge < -0.3 is 9.84 Å². The molecule has 0 saturated heterocycles. The average Bonchev–Trinajstić information content (AvgIpc) is 2.39. The molecule has 2 rings (SSSR count). The fraction of sp³-hybridized carbons (Fsp3) is 0.556. The lowest BCUT2D eigenvalue weighted by Gasteiger charge is -2.36. The third kappa shape index (κ3) is 3.36. The molecule has 1 aromatic rings. The Morgan fingerprint density at radius 3 is 2.90 bits per heavy atom. The molecule has 0 aromatic heterocycles. The van der Waals surface area contributed by atoms with Gasteiger partial charge in [-0.05, 0) is 76.1 Å². The van der Waals surface area contributed by atoms with Crippen molar-refractivity contribution in [3.63, 3.8) is 0 Å². The molecule has 0 fully saturated rings. The van der Waals surface area contributed by atoms with Crippen LogP contribution in [0.15, 0.2) is 23.8 Å². The van der Waals surface area contributed by atoms with Crippen LogP contribution in [0.3, 0.4) is 0 Å². The third-order valence-corrected chi connectivity index (χ3v) is 4.33. The highest BCUT2D eigenvalue weighted by molar-refractivity contribution is 5.47. The second-order valence-electron chi connectivity index (χ2n) is 6.25. The van der Waals surface area contributed by atoms with E-state index in [0.29, 0.717) is 5.75 Å². The molecule has 110 valence electrons. The molecular weight excluding hydrogens is 248 g/mol. The predicted octanol–water partition coefficient (Wildman–Crippen LogP) is 4.92. The maximum atomic E-state index is 9.67. The second kappa shape index (κ2) is 5.90. The van der Waals surface area contributed by atoms with Gasteiger partial charge in [0.25, 0.3) is 0 Å². The summed E-state index contributed by atoms with van der Waals surface area (Å²) < 4.78 is 6.28. The summed E-state index contributed by atoms with van der Waals surface area (Å²) in [5, 5.41) is 9.67. The van der Waals surface area contributed by atoms with Gasteiger partial charge in [-0.1, -0.05) is 18.6 Å². The Labute approximate surface area is 122 Å². The molecule has 2 heteroatoms. The van der Waals surface area contributed by atoms with Crippen LogP contribution in [-0.2, 0) is 6.42 Å². The van der Waals surface area contributed by atoms with Crippen LogP contribution < -0.4 is 4.74 Å². The highest BCUT2D eigenvalue weighted by atomic mass is 16.5. The number of aromatic hydroxyl groups is 1. The van der Waals surface area contributed by atoms with Gasteiger partial charge in [-0.2, -0.15) is 0 Å². The van der Waals surface area contributed by atoms with Crippen LogP contribution in [0.1, 0.15) is 57.6 Å². The minimum atomic E-state index is -0.0841. The number of phenolic OH excluding ortho intramolecular Hbond substituents is 1. The monoisotopic (exact) mass is 274 g/mol. The number of hydrogen-bond acceptors (Lipinski definition) is 2. The zero-order valence-electron chi connectivity index (χ0n) is 13.1. The zero-order valence-corrected chi connectivity index (χ0v) is 13.1. The lowest BCUT2D eigenvalue weighted by Crippen LogP contribution is -2.36. The minimum absolute atomic E-state index is 0.0841. The minimum Gasteiger partial charge on any atom is -0.508 e. The number of hydrogen-bond donors (Lipinski definition) is 1. The van der Waals surface area contributed by atoms with E-state index in [1.54, 1.807) is 6.07 Å². The van der Waals surface area contributed by atoms with Crippen LogP contribution in [0.5, 0.6) is 11.5 Å². The molecule has 0 amide bonds. The number of fused-ring (bicyclic) bond motifs is 1. The van der Waals surface area contributed by atoms with Crippen LogP contribution >= 0.6 is 0 Å².